The minimum Gasteiger partial charge on any atom is -0.475 e. The van der Waals surface area contributed by atoms with E-state index in [1.54, 1.807) is 25.8 Å². The molecule has 1 rings (SSSR count). The molecule has 0 atom stereocenters. The van der Waals surface area contributed by atoms with Gasteiger partial charge in [0.1, 0.15) is 18.0 Å². The summed E-state index contributed by atoms with van der Waals surface area (Å²) in [6.45, 7) is 3.71. The van der Waals surface area contributed by atoms with E-state index in [2.05, 4.69) is 5.10 Å². The molecule has 0 amide bonds. The molecule has 0 spiro atoms. The Balaban J connectivity index is 2.49. The molecule has 7 nitrogen and oxygen atoms in total. The van der Waals surface area contributed by atoms with Gasteiger partial charge < -0.3 is 19.9 Å². The maximum atomic E-state index is 7.50. The highest BCUT2D eigenvalue weighted by molar-refractivity contribution is 5.98. The lowest BCUT2D eigenvalue weighted by molar-refractivity contribution is 0.0529. The van der Waals surface area contributed by atoms with Crippen molar-refractivity contribution in [2.24, 2.45) is 12.8 Å². The maximum absolute atomic E-state index is 7.50. The zero-order valence-corrected chi connectivity index (χ0v) is 11.0. The van der Waals surface area contributed by atoms with Crippen molar-refractivity contribution < 1.29 is 14.2 Å². The number of rotatable bonds is 8. The van der Waals surface area contributed by atoms with Gasteiger partial charge in [0.05, 0.1) is 25.5 Å². The summed E-state index contributed by atoms with van der Waals surface area (Å²) in [6, 6.07) is 0. The smallest absolute Gasteiger partial charge is 0.223 e. The van der Waals surface area contributed by atoms with Gasteiger partial charge in [0, 0.05) is 14.2 Å². The monoisotopic (exact) mass is 256 g/mol. The second kappa shape index (κ2) is 6.97. The van der Waals surface area contributed by atoms with Crippen LogP contribution in [0.1, 0.15) is 11.3 Å². The number of nitrogens with two attached hydrogens (primary N) is 1. The Kier molecular flexibility index (Phi) is 5.60. The summed E-state index contributed by atoms with van der Waals surface area (Å²) >= 11 is 0. The molecule has 102 valence electrons. The highest BCUT2D eigenvalue weighted by atomic mass is 16.5. The van der Waals surface area contributed by atoms with Crippen molar-refractivity contribution in [1.82, 2.24) is 9.78 Å². The first kappa shape index (κ1) is 14.5. The molecular weight excluding hydrogens is 236 g/mol. The summed E-state index contributed by atoms with van der Waals surface area (Å²) in [7, 11) is 3.37. The number of amidine groups is 1. The molecule has 0 aromatic carbocycles. The van der Waals surface area contributed by atoms with Gasteiger partial charge in [-0.25, -0.2) is 4.68 Å². The Morgan fingerprint density at radius 1 is 1.33 bits per heavy atom. The lowest BCUT2D eigenvalue weighted by atomic mass is 10.2. The van der Waals surface area contributed by atoms with Crippen molar-refractivity contribution in [2.75, 3.05) is 33.5 Å². The second-order valence-electron chi connectivity index (χ2n) is 3.76. The van der Waals surface area contributed by atoms with E-state index in [4.69, 9.17) is 25.4 Å². The third-order valence-electron chi connectivity index (χ3n) is 2.34. The van der Waals surface area contributed by atoms with Gasteiger partial charge in [-0.2, -0.15) is 5.10 Å². The number of nitrogens with one attached hydrogen (secondary N) is 1. The van der Waals surface area contributed by atoms with Crippen molar-refractivity contribution in [3.8, 4) is 5.88 Å². The van der Waals surface area contributed by atoms with Crippen LogP contribution < -0.4 is 10.5 Å². The van der Waals surface area contributed by atoms with Gasteiger partial charge >= 0.3 is 0 Å². The minimum absolute atomic E-state index is 0.0455. The van der Waals surface area contributed by atoms with Gasteiger partial charge in [-0.1, -0.05) is 0 Å². The molecule has 0 bridgehead atoms. The number of aryl methyl sites for hydroxylation is 2. The average Bonchev–Trinajstić information content (AvgIpc) is 2.58. The maximum Gasteiger partial charge on any atom is 0.223 e. The van der Waals surface area contributed by atoms with Crippen molar-refractivity contribution in [1.29, 1.82) is 5.41 Å². The molecule has 0 fully saturated rings. The fourth-order valence-electron chi connectivity index (χ4n) is 1.55. The van der Waals surface area contributed by atoms with Crippen LogP contribution in [0.15, 0.2) is 0 Å². The summed E-state index contributed by atoms with van der Waals surface area (Å²) < 4.78 is 17.2. The number of hydrogen-bond donors (Lipinski definition) is 2. The van der Waals surface area contributed by atoms with Gasteiger partial charge in [0.15, 0.2) is 0 Å². The Labute approximate surface area is 106 Å². The SMILES string of the molecule is COCCOCCOc1c(C(=N)N)c(C)nn1C. The quantitative estimate of drug-likeness (QED) is 0.389. The van der Waals surface area contributed by atoms with Crippen LogP contribution in [0.5, 0.6) is 5.88 Å². The Hall–Kier alpha value is -1.60. The highest BCUT2D eigenvalue weighted by Crippen LogP contribution is 2.20. The summed E-state index contributed by atoms with van der Waals surface area (Å²) in [5.74, 6) is 0.450. The van der Waals surface area contributed by atoms with Gasteiger partial charge in [-0.3, -0.25) is 5.41 Å². The first-order valence-electron chi connectivity index (χ1n) is 5.65. The van der Waals surface area contributed by atoms with Crippen LogP contribution in [0.2, 0.25) is 0 Å². The second-order valence-corrected chi connectivity index (χ2v) is 3.76. The fourth-order valence-corrected chi connectivity index (χ4v) is 1.55. The number of ether oxygens (including phenoxy) is 3. The number of hydrogen-bond acceptors (Lipinski definition) is 5. The number of nitrogens with zero attached hydrogens (tertiary/aromatic N) is 2. The van der Waals surface area contributed by atoms with Gasteiger partial charge in [-0.05, 0) is 6.92 Å². The first-order chi connectivity index (χ1) is 8.57. The van der Waals surface area contributed by atoms with E-state index in [1.165, 1.54) is 0 Å². The number of nitrogen functional groups attached to an aromatic ring is 1. The third-order valence-corrected chi connectivity index (χ3v) is 2.34. The van der Waals surface area contributed by atoms with Crippen molar-refractivity contribution >= 4 is 5.84 Å². The minimum atomic E-state index is -0.0455. The average molecular weight is 256 g/mol. The first-order valence-corrected chi connectivity index (χ1v) is 5.65. The lowest BCUT2D eigenvalue weighted by Crippen LogP contribution is -2.16. The van der Waals surface area contributed by atoms with Crippen LogP contribution in [0.3, 0.4) is 0 Å². The predicted molar refractivity (Wildman–Crippen MR) is 67.2 cm³/mol. The molecule has 3 N–H and O–H groups in total. The third kappa shape index (κ3) is 3.71. The summed E-state index contributed by atoms with van der Waals surface area (Å²) in [5, 5.41) is 11.7. The van der Waals surface area contributed by atoms with Crippen molar-refractivity contribution in [3.63, 3.8) is 0 Å². The summed E-state index contributed by atoms with van der Waals surface area (Å²) in [5.41, 5.74) is 6.72. The van der Waals surface area contributed by atoms with Crippen molar-refractivity contribution in [2.45, 2.75) is 6.92 Å². The topological polar surface area (TPSA) is 95.4 Å². The molecule has 0 aliphatic rings. The number of aromatic nitrogens is 2. The predicted octanol–water partition coefficient (Wildman–Crippen LogP) is 0.0544. The van der Waals surface area contributed by atoms with Crippen LogP contribution in [-0.2, 0) is 16.5 Å². The largest absolute Gasteiger partial charge is 0.475 e. The molecule has 7 heteroatoms. The van der Waals surface area contributed by atoms with Gasteiger partial charge in [0.25, 0.3) is 0 Å². The molecular formula is C11H20N4O3. The molecule has 0 saturated heterocycles. The molecule has 0 radical (unpaired) electrons. The molecule has 0 saturated carbocycles. The Morgan fingerprint density at radius 3 is 2.61 bits per heavy atom. The van der Waals surface area contributed by atoms with Crippen LogP contribution in [0.25, 0.3) is 0 Å². The van der Waals surface area contributed by atoms with E-state index in [1.807, 2.05) is 0 Å². The molecule has 0 aliphatic heterocycles. The van der Waals surface area contributed by atoms with E-state index in [0.717, 1.165) is 0 Å². The van der Waals surface area contributed by atoms with E-state index >= 15 is 0 Å². The van der Waals surface area contributed by atoms with Gasteiger partial charge in [-0.15, -0.1) is 0 Å². The summed E-state index contributed by atoms with van der Waals surface area (Å²) in [6.07, 6.45) is 0. The molecule has 0 unspecified atom stereocenters. The Bertz CT molecular complexity index is 403. The van der Waals surface area contributed by atoms with Crippen molar-refractivity contribution in [3.05, 3.63) is 11.3 Å². The van der Waals surface area contributed by atoms with Crippen LogP contribution >= 0.6 is 0 Å². The summed E-state index contributed by atoms with van der Waals surface area (Å²) in [4.78, 5) is 0. The lowest BCUT2D eigenvalue weighted by Gasteiger charge is -2.08. The Morgan fingerprint density at radius 2 is 2.00 bits per heavy atom. The van der Waals surface area contributed by atoms with Gasteiger partial charge in [0.2, 0.25) is 5.88 Å². The normalized spacial score (nSPS) is 10.6. The number of methoxy groups -OCH3 is 1. The molecule has 18 heavy (non-hydrogen) atoms. The van der Waals surface area contributed by atoms with Crippen LogP contribution in [0.4, 0.5) is 0 Å². The zero-order valence-electron chi connectivity index (χ0n) is 11.0. The highest BCUT2D eigenvalue weighted by Gasteiger charge is 2.16. The standard InChI is InChI=1S/C11H20N4O3/c1-8-9(10(12)13)11(15(2)14-8)18-7-6-17-5-4-16-3/h4-7H2,1-3H3,(H3,12,13). The molecule has 0 aliphatic carbocycles. The van der Waals surface area contributed by atoms with E-state index in [9.17, 15) is 0 Å². The zero-order chi connectivity index (χ0) is 13.5. The fraction of sp³-hybridized carbons (Fsp3) is 0.636. The molecule has 1 heterocycles. The van der Waals surface area contributed by atoms with E-state index in [0.29, 0.717) is 43.6 Å². The van der Waals surface area contributed by atoms with Crippen LogP contribution in [0, 0.1) is 12.3 Å². The van der Waals surface area contributed by atoms with E-state index in [-0.39, 0.29) is 5.84 Å². The van der Waals surface area contributed by atoms with Crippen LogP contribution in [-0.4, -0.2) is 49.2 Å². The van der Waals surface area contributed by atoms with E-state index < -0.39 is 0 Å². The molecule has 1 aromatic rings. The molecule has 1 aromatic heterocycles.